The standard InChI is InChI=1S/C7H11ClN2O.C4H10/c1-5(4-11)10-6(2)7(8)3-9-10;1-4(2)3/h3,5,11H,4H2,1-2H3;4H,1-3H3. The SMILES string of the molecule is CC(C)C.Cc1c(Cl)cnn1C(C)CO. The van der Waals surface area contributed by atoms with Crippen molar-refractivity contribution in [2.45, 2.75) is 40.7 Å². The van der Waals surface area contributed by atoms with E-state index >= 15 is 0 Å². The average molecular weight is 233 g/mol. The zero-order valence-corrected chi connectivity index (χ0v) is 10.9. The molecule has 88 valence electrons. The lowest BCUT2D eigenvalue weighted by molar-refractivity contribution is 0.228. The van der Waals surface area contributed by atoms with Crippen molar-refractivity contribution in [3.05, 3.63) is 16.9 Å². The highest BCUT2D eigenvalue weighted by molar-refractivity contribution is 6.31. The van der Waals surface area contributed by atoms with Crippen LogP contribution in [-0.4, -0.2) is 21.5 Å². The van der Waals surface area contributed by atoms with Gasteiger partial charge in [-0.1, -0.05) is 32.4 Å². The minimum Gasteiger partial charge on any atom is -0.394 e. The Balaban J connectivity index is 0.000000423. The Morgan fingerprint density at radius 3 is 2.13 bits per heavy atom. The molecule has 1 rings (SSSR count). The number of aliphatic hydroxyl groups is 1. The van der Waals surface area contributed by atoms with Crippen molar-refractivity contribution < 1.29 is 5.11 Å². The fourth-order valence-electron chi connectivity index (χ4n) is 0.924. The van der Waals surface area contributed by atoms with Gasteiger partial charge in [-0.05, 0) is 19.8 Å². The second-order valence-corrected chi connectivity index (χ2v) is 4.69. The van der Waals surface area contributed by atoms with E-state index in [1.54, 1.807) is 10.9 Å². The number of nitrogens with zero attached hydrogens (tertiary/aromatic N) is 2. The van der Waals surface area contributed by atoms with Crippen LogP contribution in [0.3, 0.4) is 0 Å². The molecule has 15 heavy (non-hydrogen) atoms. The number of hydrogen-bond acceptors (Lipinski definition) is 2. The van der Waals surface area contributed by atoms with Gasteiger partial charge in [-0.3, -0.25) is 4.68 Å². The van der Waals surface area contributed by atoms with Gasteiger partial charge in [0.15, 0.2) is 0 Å². The van der Waals surface area contributed by atoms with Gasteiger partial charge in [-0.2, -0.15) is 5.10 Å². The van der Waals surface area contributed by atoms with Crippen LogP contribution in [0.2, 0.25) is 5.02 Å². The first-order valence-electron chi connectivity index (χ1n) is 5.20. The van der Waals surface area contributed by atoms with Crippen molar-refractivity contribution in [2.24, 2.45) is 5.92 Å². The highest BCUT2D eigenvalue weighted by Crippen LogP contribution is 2.16. The maximum atomic E-state index is 8.82. The minimum atomic E-state index is 0.00231. The van der Waals surface area contributed by atoms with Crippen LogP contribution in [0.25, 0.3) is 0 Å². The van der Waals surface area contributed by atoms with Gasteiger partial charge in [0.25, 0.3) is 0 Å². The summed E-state index contributed by atoms with van der Waals surface area (Å²) in [7, 11) is 0. The molecule has 0 radical (unpaired) electrons. The van der Waals surface area contributed by atoms with Gasteiger partial charge in [0.05, 0.1) is 29.6 Å². The summed E-state index contributed by atoms with van der Waals surface area (Å²) in [5, 5.41) is 13.5. The molecule has 0 saturated carbocycles. The molecule has 0 fully saturated rings. The van der Waals surface area contributed by atoms with Crippen LogP contribution < -0.4 is 0 Å². The summed E-state index contributed by atoms with van der Waals surface area (Å²) < 4.78 is 1.71. The fraction of sp³-hybridized carbons (Fsp3) is 0.727. The Morgan fingerprint density at radius 1 is 1.40 bits per heavy atom. The van der Waals surface area contributed by atoms with Crippen molar-refractivity contribution in [3.8, 4) is 0 Å². The Morgan fingerprint density at radius 2 is 1.87 bits per heavy atom. The van der Waals surface area contributed by atoms with E-state index in [0.29, 0.717) is 5.02 Å². The topological polar surface area (TPSA) is 38.0 Å². The molecule has 1 unspecified atom stereocenters. The van der Waals surface area contributed by atoms with Gasteiger partial charge in [-0.15, -0.1) is 0 Å². The van der Waals surface area contributed by atoms with E-state index in [0.717, 1.165) is 11.6 Å². The van der Waals surface area contributed by atoms with Gasteiger partial charge in [0.1, 0.15) is 0 Å². The molecule has 0 bridgehead atoms. The highest BCUT2D eigenvalue weighted by Gasteiger charge is 2.08. The van der Waals surface area contributed by atoms with Gasteiger partial charge >= 0.3 is 0 Å². The second kappa shape index (κ2) is 6.85. The number of hydrogen-bond donors (Lipinski definition) is 1. The predicted molar refractivity (Wildman–Crippen MR) is 64.3 cm³/mol. The van der Waals surface area contributed by atoms with Crippen LogP contribution in [0.1, 0.15) is 39.4 Å². The number of rotatable bonds is 2. The molecule has 0 aromatic carbocycles. The van der Waals surface area contributed by atoms with E-state index in [2.05, 4.69) is 25.9 Å². The van der Waals surface area contributed by atoms with Gasteiger partial charge in [0.2, 0.25) is 0 Å². The van der Waals surface area contributed by atoms with Gasteiger partial charge in [-0.25, -0.2) is 0 Å². The number of halogens is 1. The van der Waals surface area contributed by atoms with E-state index in [-0.39, 0.29) is 12.6 Å². The first kappa shape index (κ1) is 14.5. The molecular formula is C11H21ClN2O. The van der Waals surface area contributed by atoms with Crippen molar-refractivity contribution in [2.75, 3.05) is 6.61 Å². The summed E-state index contributed by atoms with van der Waals surface area (Å²) in [6, 6.07) is 0.00231. The van der Waals surface area contributed by atoms with Crippen LogP contribution in [-0.2, 0) is 0 Å². The van der Waals surface area contributed by atoms with Crippen LogP contribution in [0.5, 0.6) is 0 Å². The second-order valence-electron chi connectivity index (χ2n) is 4.29. The quantitative estimate of drug-likeness (QED) is 0.851. The van der Waals surface area contributed by atoms with E-state index in [4.69, 9.17) is 16.7 Å². The van der Waals surface area contributed by atoms with E-state index in [9.17, 15) is 0 Å². The van der Waals surface area contributed by atoms with Gasteiger partial charge in [0, 0.05) is 0 Å². The molecule has 0 aliphatic heterocycles. The molecule has 1 N–H and O–H groups in total. The molecule has 1 aromatic heterocycles. The molecule has 0 spiro atoms. The third-order valence-electron chi connectivity index (χ3n) is 1.67. The van der Waals surface area contributed by atoms with Crippen molar-refractivity contribution in [1.29, 1.82) is 0 Å². The normalized spacial score (nSPS) is 12.3. The first-order valence-corrected chi connectivity index (χ1v) is 5.58. The van der Waals surface area contributed by atoms with Crippen molar-refractivity contribution in [1.82, 2.24) is 9.78 Å². The molecular weight excluding hydrogens is 212 g/mol. The summed E-state index contributed by atoms with van der Waals surface area (Å²) in [6.07, 6.45) is 1.59. The monoisotopic (exact) mass is 232 g/mol. The van der Waals surface area contributed by atoms with Crippen molar-refractivity contribution in [3.63, 3.8) is 0 Å². The summed E-state index contributed by atoms with van der Waals surface area (Å²) in [5.74, 6) is 0.833. The van der Waals surface area contributed by atoms with Crippen LogP contribution in [0.15, 0.2) is 6.20 Å². The summed E-state index contributed by atoms with van der Waals surface area (Å²) in [5.41, 5.74) is 0.896. The summed E-state index contributed by atoms with van der Waals surface area (Å²) in [4.78, 5) is 0. The number of aromatic nitrogens is 2. The van der Waals surface area contributed by atoms with Crippen LogP contribution >= 0.6 is 11.6 Å². The highest BCUT2D eigenvalue weighted by atomic mass is 35.5. The largest absolute Gasteiger partial charge is 0.394 e. The van der Waals surface area contributed by atoms with E-state index in [1.165, 1.54) is 0 Å². The van der Waals surface area contributed by atoms with Gasteiger partial charge < -0.3 is 5.11 Å². The molecule has 0 amide bonds. The lowest BCUT2D eigenvalue weighted by Gasteiger charge is -2.10. The van der Waals surface area contributed by atoms with Crippen LogP contribution in [0.4, 0.5) is 0 Å². The molecule has 1 atom stereocenters. The van der Waals surface area contributed by atoms with E-state index in [1.807, 2.05) is 13.8 Å². The zero-order chi connectivity index (χ0) is 12.0. The average Bonchev–Trinajstić information content (AvgIpc) is 2.46. The lowest BCUT2D eigenvalue weighted by Crippen LogP contribution is -2.12. The Kier molecular flexibility index (Phi) is 6.61. The minimum absolute atomic E-state index is 0.00231. The molecule has 1 heterocycles. The Hall–Kier alpha value is -0.540. The van der Waals surface area contributed by atoms with Crippen molar-refractivity contribution >= 4 is 11.6 Å². The molecule has 0 aliphatic carbocycles. The molecule has 1 aromatic rings. The zero-order valence-electron chi connectivity index (χ0n) is 10.2. The van der Waals surface area contributed by atoms with E-state index < -0.39 is 0 Å². The summed E-state index contributed by atoms with van der Waals surface area (Å²) >= 11 is 5.77. The number of aliphatic hydroxyl groups excluding tert-OH is 1. The smallest absolute Gasteiger partial charge is 0.0815 e. The third kappa shape index (κ3) is 5.19. The molecule has 4 heteroatoms. The molecule has 3 nitrogen and oxygen atoms in total. The maximum Gasteiger partial charge on any atom is 0.0815 e. The first-order chi connectivity index (χ1) is 6.90. The predicted octanol–water partition coefficient (Wildman–Crippen LogP) is 3.06. The molecule has 0 saturated heterocycles. The lowest BCUT2D eigenvalue weighted by atomic mass is 10.3. The Bertz CT molecular complexity index is 281. The maximum absolute atomic E-state index is 8.82. The molecule has 0 aliphatic rings. The Labute approximate surface area is 97.1 Å². The third-order valence-corrected chi connectivity index (χ3v) is 2.04. The fourth-order valence-corrected chi connectivity index (χ4v) is 1.05. The summed E-state index contributed by atoms with van der Waals surface area (Å²) in [6.45, 7) is 10.3. The van der Waals surface area contributed by atoms with Crippen LogP contribution in [0, 0.1) is 12.8 Å².